The molecule has 170 valence electrons. The first-order valence-electron chi connectivity index (χ1n) is 10.6. The molecule has 0 bridgehead atoms. The van der Waals surface area contributed by atoms with Gasteiger partial charge in [-0.25, -0.2) is 9.79 Å². The second-order valence-electron chi connectivity index (χ2n) is 7.55. The first-order valence-corrected chi connectivity index (χ1v) is 11.5. The lowest BCUT2D eigenvalue weighted by atomic mass is 9.94. The van der Waals surface area contributed by atoms with Crippen molar-refractivity contribution < 1.29 is 19.1 Å². The molecular formula is C25H25N3O4S. The Kier molecular flexibility index (Phi) is 6.84. The largest absolute Gasteiger partial charge is 0.484 e. The van der Waals surface area contributed by atoms with Crippen molar-refractivity contribution in [3.05, 3.63) is 82.5 Å². The summed E-state index contributed by atoms with van der Waals surface area (Å²) in [5.74, 6) is -0.103. The number of nitrogens with zero attached hydrogens (tertiary/aromatic N) is 2. The Hall–Kier alpha value is -3.52. The van der Waals surface area contributed by atoms with Crippen LogP contribution < -0.4 is 10.1 Å². The number of benzene rings is 2. The van der Waals surface area contributed by atoms with Gasteiger partial charge in [0.25, 0.3) is 5.91 Å². The van der Waals surface area contributed by atoms with E-state index in [0.29, 0.717) is 17.0 Å². The fourth-order valence-electron chi connectivity index (χ4n) is 3.72. The predicted molar refractivity (Wildman–Crippen MR) is 130 cm³/mol. The Morgan fingerprint density at radius 2 is 1.97 bits per heavy atom. The summed E-state index contributed by atoms with van der Waals surface area (Å²) in [5.41, 5.74) is 3.69. The lowest BCUT2D eigenvalue weighted by molar-refractivity contribution is -0.139. The zero-order valence-electron chi connectivity index (χ0n) is 18.7. The summed E-state index contributed by atoms with van der Waals surface area (Å²) in [6.45, 7) is 5.68. The van der Waals surface area contributed by atoms with E-state index in [-0.39, 0.29) is 19.1 Å². The van der Waals surface area contributed by atoms with E-state index >= 15 is 0 Å². The first kappa shape index (κ1) is 22.7. The second-order valence-corrected chi connectivity index (χ2v) is 8.42. The molecule has 1 N–H and O–H groups in total. The Balaban J connectivity index is 1.54. The van der Waals surface area contributed by atoms with Crippen molar-refractivity contribution in [2.75, 3.05) is 18.5 Å². The molecule has 0 spiro atoms. The smallest absolute Gasteiger partial charge is 0.338 e. The zero-order chi connectivity index (χ0) is 23.4. The van der Waals surface area contributed by atoms with E-state index < -0.39 is 12.0 Å². The van der Waals surface area contributed by atoms with Crippen LogP contribution >= 0.6 is 11.8 Å². The Labute approximate surface area is 197 Å². The lowest BCUT2D eigenvalue weighted by Crippen LogP contribution is -2.34. The molecule has 7 nitrogen and oxygen atoms in total. The summed E-state index contributed by atoms with van der Waals surface area (Å²) in [6.07, 6.45) is 1.91. The molecule has 0 saturated carbocycles. The molecule has 0 aromatic heterocycles. The van der Waals surface area contributed by atoms with Crippen molar-refractivity contribution in [3.8, 4) is 5.75 Å². The van der Waals surface area contributed by atoms with Gasteiger partial charge >= 0.3 is 5.97 Å². The highest BCUT2D eigenvalue weighted by atomic mass is 32.2. The van der Waals surface area contributed by atoms with Crippen LogP contribution in [0.2, 0.25) is 0 Å². The lowest BCUT2D eigenvalue weighted by Gasteiger charge is -2.33. The number of allylic oxidation sites excluding steroid dienone is 1. The number of amidine groups is 1. The van der Waals surface area contributed by atoms with Gasteiger partial charge in [-0.1, -0.05) is 42.1 Å². The molecule has 1 unspecified atom stereocenters. The Bertz CT molecular complexity index is 1170. The van der Waals surface area contributed by atoms with E-state index in [4.69, 9.17) is 9.47 Å². The number of aliphatic imine (C=N–C) groups is 1. The molecule has 1 amide bonds. The predicted octanol–water partition coefficient (Wildman–Crippen LogP) is 4.78. The fourth-order valence-corrected chi connectivity index (χ4v) is 4.51. The highest BCUT2D eigenvalue weighted by Gasteiger charge is 2.37. The third-order valence-corrected chi connectivity index (χ3v) is 6.05. The van der Waals surface area contributed by atoms with Crippen LogP contribution in [0.25, 0.3) is 0 Å². The van der Waals surface area contributed by atoms with E-state index in [1.807, 2.05) is 72.8 Å². The summed E-state index contributed by atoms with van der Waals surface area (Å²) >= 11 is 1.50. The maximum absolute atomic E-state index is 12.8. The number of fused-ring (bicyclic) bond motifs is 1. The van der Waals surface area contributed by atoms with Gasteiger partial charge in [-0.05, 0) is 55.5 Å². The molecule has 8 heteroatoms. The highest BCUT2D eigenvalue weighted by molar-refractivity contribution is 8.16. The first-order chi connectivity index (χ1) is 16.0. The maximum atomic E-state index is 12.8. The minimum atomic E-state index is -0.396. The summed E-state index contributed by atoms with van der Waals surface area (Å²) < 4.78 is 11.1. The number of ether oxygens (including phenoxy) is 2. The third-order valence-electron chi connectivity index (χ3n) is 5.28. The van der Waals surface area contributed by atoms with Crippen molar-refractivity contribution in [3.63, 3.8) is 0 Å². The molecule has 2 aliphatic rings. The van der Waals surface area contributed by atoms with Crippen molar-refractivity contribution in [1.82, 2.24) is 4.90 Å². The second kappa shape index (κ2) is 9.95. The van der Waals surface area contributed by atoms with Gasteiger partial charge in [-0.2, -0.15) is 0 Å². The van der Waals surface area contributed by atoms with Gasteiger partial charge in [0.1, 0.15) is 5.75 Å². The summed E-state index contributed by atoms with van der Waals surface area (Å²) in [4.78, 5) is 31.7. The Morgan fingerprint density at radius 3 is 2.76 bits per heavy atom. The molecule has 1 atom stereocenters. The van der Waals surface area contributed by atoms with Crippen LogP contribution in [0.1, 0.15) is 31.0 Å². The number of thioether (sulfide) groups is 1. The number of amides is 1. The zero-order valence-corrected chi connectivity index (χ0v) is 19.5. The fraction of sp³-hybridized carbons (Fsp3) is 0.240. The number of anilines is 1. The molecule has 0 fully saturated rings. The van der Waals surface area contributed by atoms with E-state index in [9.17, 15) is 9.59 Å². The average Bonchev–Trinajstić information content (AvgIpc) is 3.26. The third kappa shape index (κ3) is 4.96. The number of esters is 1. The van der Waals surface area contributed by atoms with Crippen LogP contribution in [0.4, 0.5) is 5.69 Å². The molecule has 2 aliphatic heterocycles. The van der Waals surface area contributed by atoms with E-state index in [2.05, 4.69) is 10.3 Å². The molecule has 0 radical (unpaired) electrons. The molecule has 2 aromatic carbocycles. The van der Waals surface area contributed by atoms with E-state index in [1.165, 1.54) is 11.8 Å². The Morgan fingerprint density at radius 1 is 1.15 bits per heavy atom. The quantitative estimate of drug-likeness (QED) is 0.595. The van der Waals surface area contributed by atoms with Gasteiger partial charge in [0.2, 0.25) is 0 Å². The number of hydrogen-bond acceptors (Lipinski definition) is 7. The standard InChI is InChI=1S/C25H25N3O4S/c1-4-31-24(30)22-17(3)26-25-28(12-13-33-25)23(22)18-9-7-10-19(14-18)32-15-21(29)27-20-11-6-5-8-16(20)2/h5-14,23H,4,15H2,1-3H3,(H,27,29). The highest BCUT2D eigenvalue weighted by Crippen LogP contribution is 2.41. The minimum Gasteiger partial charge on any atom is -0.484 e. The molecule has 0 saturated heterocycles. The number of para-hydroxylation sites is 1. The van der Waals surface area contributed by atoms with Crippen LogP contribution in [0.3, 0.4) is 0 Å². The normalized spacial score (nSPS) is 16.9. The number of carbonyl (C=O) groups excluding carboxylic acids is 2. The number of rotatable bonds is 7. The minimum absolute atomic E-state index is 0.131. The molecule has 33 heavy (non-hydrogen) atoms. The monoisotopic (exact) mass is 463 g/mol. The topological polar surface area (TPSA) is 80.2 Å². The van der Waals surface area contributed by atoms with Crippen LogP contribution in [-0.2, 0) is 14.3 Å². The van der Waals surface area contributed by atoms with Crippen LogP contribution in [-0.4, -0.2) is 35.2 Å². The van der Waals surface area contributed by atoms with Crippen molar-refractivity contribution in [2.45, 2.75) is 26.8 Å². The van der Waals surface area contributed by atoms with Gasteiger partial charge < -0.3 is 19.7 Å². The number of nitrogens with one attached hydrogen (secondary N) is 1. The molecule has 2 heterocycles. The summed E-state index contributed by atoms with van der Waals surface area (Å²) in [5, 5.41) is 5.60. The summed E-state index contributed by atoms with van der Waals surface area (Å²) in [7, 11) is 0. The van der Waals surface area contributed by atoms with Crippen molar-refractivity contribution in [2.24, 2.45) is 4.99 Å². The van der Waals surface area contributed by atoms with Gasteiger partial charge in [0.15, 0.2) is 11.8 Å². The van der Waals surface area contributed by atoms with E-state index in [0.717, 1.165) is 22.0 Å². The average molecular weight is 464 g/mol. The molecular weight excluding hydrogens is 438 g/mol. The van der Waals surface area contributed by atoms with Crippen molar-refractivity contribution in [1.29, 1.82) is 0 Å². The van der Waals surface area contributed by atoms with Crippen LogP contribution in [0, 0.1) is 6.92 Å². The van der Waals surface area contributed by atoms with E-state index in [1.54, 1.807) is 13.0 Å². The van der Waals surface area contributed by atoms with Gasteiger partial charge in [-0.3, -0.25) is 4.79 Å². The summed E-state index contributed by atoms with van der Waals surface area (Å²) in [6, 6.07) is 14.6. The number of hydrogen-bond donors (Lipinski definition) is 1. The van der Waals surface area contributed by atoms with Gasteiger partial charge in [0, 0.05) is 11.9 Å². The van der Waals surface area contributed by atoms with Gasteiger partial charge in [0.05, 0.1) is 23.9 Å². The number of carbonyl (C=O) groups is 2. The van der Waals surface area contributed by atoms with Crippen LogP contribution in [0.5, 0.6) is 5.75 Å². The molecule has 4 rings (SSSR count). The van der Waals surface area contributed by atoms with Crippen LogP contribution in [0.15, 0.2) is 76.4 Å². The van der Waals surface area contributed by atoms with Crippen molar-refractivity contribution >= 4 is 34.5 Å². The number of aryl methyl sites for hydroxylation is 1. The molecule has 0 aliphatic carbocycles. The SMILES string of the molecule is CCOC(=O)C1=C(C)N=C2SC=CN2C1c1cccc(OCC(=O)Nc2ccccc2C)c1. The maximum Gasteiger partial charge on any atom is 0.338 e. The van der Waals surface area contributed by atoms with Gasteiger partial charge in [-0.15, -0.1) is 0 Å². The molecule has 2 aromatic rings.